The smallest absolute Gasteiger partial charge is 0.228 e. The molecule has 1 aliphatic rings. The predicted molar refractivity (Wildman–Crippen MR) is 114 cm³/mol. The minimum absolute atomic E-state index is 0.0189. The van der Waals surface area contributed by atoms with Crippen molar-refractivity contribution >= 4 is 11.6 Å². The molecule has 0 spiro atoms. The summed E-state index contributed by atoms with van der Waals surface area (Å²) in [5.41, 5.74) is 5.23. The van der Waals surface area contributed by atoms with Crippen molar-refractivity contribution in [3.63, 3.8) is 0 Å². The van der Waals surface area contributed by atoms with Gasteiger partial charge in [0.2, 0.25) is 5.91 Å². The van der Waals surface area contributed by atoms with Crippen molar-refractivity contribution in [2.75, 3.05) is 18.4 Å². The summed E-state index contributed by atoms with van der Waals surface area (Å²) in [5, 5.41) is 7.70. The van der Waals surface area contributed by atoms with Crippen LogP contribution in [0.1, 0.15) is 55.6 Å². The Hall–Kier alpha value is -2.14. The molecule has 5 nitrogen and oxygen atoms in total. The first-order valence-corrected chi connectivity index (χ1v) is 10.6. The Bertz CT molecular complexity index is 803. The zero-order valence-electron chi connectivity index (χ0n) is 17.8. The van der Waals surface area contributed by atoms with E-state index >= 15 is 0 Å². The second kappa shape index (κ2) is 9.37. The van der Waals surface area contributed by atoms with Gasteiger partial charge in [0.15, 0.2) is 0 Å². The molecule has 0 radical (unpaired) electrons. The van der Waals surface area contributed by atoms with E-state index < -0.39 is 0 Å². The lowest BCUT2D eigenvalue weighted by molar-refractivity contribution is -0.115. The summed E-state index contributed by atoms with van der Waals surface area (Å²) in [5.74, 6) is 0.549. The Morgan fingerprint density at radius 3 is 2.64 bits per heavy atom. The SMILES string of the molecule is Cc1nn(CC(C)C)c(C)c1CC(=O)Nc1cccc(CN2CCCCC2)c1. The van der Waals surface area contributed by atoms with Crippen molar-refractivity contribution in [2.24, 2.45) is 5.92 Å². The van der Waals surface area contributed by atoms with E-state index in [2.05, 4.69) is 48.2 Å². The molecule has 1 aromatic carbocycles. The van der Waals surface area contributed by atoms with Gasteiger partial charge in [-0.2, -0.15) is 5.10 Å². The molecular weight excluding hydrogens is 348 g/mol. The van der Waals surface area contributed by atoms with Crippen molar-refractivity contribution in [1.29, 1.82) is 0 Å². The fourth-order valence-electron chi connectivity index (χ4n) is 4.00. The average Bonchev–Trinajstić information content (AvgIpc) is 2.89. The van der Waals surface area contributed by atoms with Gasteiger partial charge in [0.05, 0.1) is 12.1 Å². The molecule has 0 saturated carbocycles. The van der Waals surface area contributed by atoms with E-state index in [1.807, 2.05) is 23.7 Å². The summed E-state index contributed by atoms with van der Waals surface area (Å²) in [6.45, 7) is 12.6. The molecule has 3 rings (SSSR count). The van der Waals surface area contributed by atoms with Crippen LogP contribution in [-0.4, -0.2) is 33.7 Å². The number of benzene rings is 1. The van der Waals surface area contributed by atoms with Crippen LogP contribution in [0.4, 0.5) is 5.69 Å². The summed E-state index contributed by atoms with van der Waals surface area (Å²) in [4.78, 5) is 15.2. The van der Waals surface area contributed by atoms with E-state index in [1.54, 1.807) is 0 Å². The predicted octanol–water partition coefficient (Wildman–Crippen LogP) is 4.32. The average molecular weight is 383 g/mol. The maximum absolute atomic E-state index is 12.7. The number of piperidine rings is 1. The quantitative estimate of drug-likeness (QED) is 0.776. The van der Waals surface area contributed by atoms with Crippen LogP contribution >= 0.6 is 0 Å². The van der Waals surface area contributed by atoms with Gasteiger partial charge < -0.3 is 5.32 Å². The van der Waals surface area contributed by atoms with E-state index in [9.17, 15) is 4.79 Å². The van der Waals surface area contributed by atoms with Crippen LogP contribution in [0.2, 0.25) is 0 Å². The monoisotopic (exact) mass is 382 g/mol. The first-order chi connectivity index (χ1) is 13.4. The standard InChI is InChI=1S/C23H34N4O/c1-17(2)15-27-19(4)22(18(3)25-27)14-23(28)24-21-10-8-9-20(13-21)16-26-11-6-5-7-12-26/h8-10,13,17H,5-7,11-12,14-16H2,1-4H3,(H,24,28). The van der Waals surface area contributed by atoms with E-state index in [-0.39, 0.29) is 5.91 Å². The van der Waals surface area contributed by atoms with Crippen molar-refractivity contribution in [3.8, 4) is 0 Å². The van der Waals surface area contributed by atoms with Gasteiger partial charge in [0.1, 0.15) is 0 Å². The highest BCUT2D eigenvalue weighted by molar-refractivity contribution is 5.92. The van der Waals surface area contributed by atoms with Gasteiger partial charge in [0.25, 0.3) is 0 Å². The van der Waals surface area contributed by atoms with Gasteiger partial charge in [0, 0.05) is 30.0 Å². The number of aromatic nitrogens is 2. The molecule has 1 aliphatic heterocycles. The van der Waals surface area contributed by atoms with E-state index in [0.29, 0.717) is 12.3 Å². The topological polar surface area (TPSA) is 50.2 Å². The first kappa shape index (κ1) is 20.6. The highest BCUT2D eigenvalue weighted by Crippen LogP contribution is 2.18. The van der Waals surface area contributed by atoms with E-state index in [1.165, 1.54) is 37.9 Å². The molecule has 1 saturated heterocycles. The molecule has 28 heavy (non-hydrogen) atoms. The summed E-state index contributed by atoms with van der Waals surface area (Å²) in [6, 6.07) is 8.26. The Morgan fingerprint density at radius 2 is 1.93 bits per heavy atom. The fourth-order valence-corrected chi connectivity index (χ4v) is 4.00. The van der Waals surface area contributed by atoms with Crippen molar-refractivity contribution in [2.45, 2.75) is 66.5 Å². The number of carbonyl (C=O) groups is 1. The minimum Gasteiger partial charge on any atom is -0.326 e. The zero-order valence-corrected chi connectivity index (χ0v) is 17.8. The van der Waals surface area contributed by atoms with Gasteiger partial charge in [-0.25, -0.2) is 0 Å². The van der Waals surface area contributed by atoms with Gasteiger partial charge >= 0.3 is 0 Å². The Labute approximate surface area is 169 Å². The molecule has 0 atom stereocenters. The zero-order chi connectivity index (χ0) is 20.1. The second-order valence-electron chi connectivity index (χ2n) is 8.49. The third-order valence-corrected chi connectivity index (χ3v) is 5.47. The molecule has 0 bridgehead atoms. The summed E-state index contributed by atoms with van der Waals surface area (Å²) in [7, 11) is 0. The van der Waals surface area contributed by atoms with Crippen LogP contribution in [0.25, 0.3) is 0 Å². The molecule has 1 aromatic heterocycles. The number of carbonyl (C=O) groups excluding carboxylic acids is 1. The fraction of sp³-hybridized carbons (Fsp3) is 0.565. The highest BCUT2D eigenvalue weighted by atomic mass is 16.1. The van der Waals surface area contributed by atoms with Crippen molar-refractivity contribution in [1.82, 2.24) is 14.7 Å². The highest BCUT2D eigenvalue weighted by Gasteiger charge is 2.16. The molecule has 0 aliphatic carbocycles. The van der Waals surface area contributed by atoms with Gasteiger partial charge in [-0.3, -0.25) is 14.4 Å². The van der Waals surface area contributed by atoms with E-state index in [0.717, 1.165) is 35.7 Å². The second-order valence-corrected chi connectivity index (χ2v) is 8.49. The third-order valence-electron chi connectivity index (χ3n) is 5.47. The van der Waals surface area contributed by atoms with E-state index in [4.69, 9.17) is 0 Å². The summed E-state index contributed by atoms with van der Waals surface area (Å²) < 4.78 is 2.03. The third kappa shape index (κ3) is 5.44. The van der Waals surface area contributed by atoms with Crippen LogP contribution in [-0.2, 0) is 24.3 Å². The molecule has 0 unspecified atom stereocenters. The number of likely N-dealkylation sites (tertiary alicyclic amines) is 1. The van der Waals surface area contributed by atoms with Gasteiger partial charge in [-0.1, -0.05) is 32.4 Å². The number of rotatable bonds is 7. The molecule has 152 valence electrons. The molecule has 1 amide bonds. The van der Waals surface area contributed by atoms with Crippen LogP contribution in [0, 0.1) is 19.8 Å². The molecular formula is C23H34N4O. The first-order valence-electron chi connectivity index (χ1n) is 10.6. The minimum atomic E-state index is 0.0189. The number of hydrogen-bond donors (Lipinski definition) is 1. The number of amides is 1. The number of nitrogens with zero attached hydrogens (tertiary/aromatic N) is 3. The molecule has 2 aromatic rings. The maximum atomic E-state index is 12.7. The summed E-state index contributed by atoms with van der Waals surface area (Å²) in [6.07, 6.45) is 4.30. The van der Waals surface area contributed by atoms with Gasteiger partial charge in [-0.05, 0) is 63.4 Å². The number of aryl methyl sites for hydroxylation is 1. The van der Waals surface area contributed by atoms with Crippen molar-refractivity contribution < 1.29 is 4.79 Å². The largest absolute Gasteiger partial charge is 0.326 e. The Kier molecular flexibility index (Phi) is 6.89. The Morgan fingerprint density at radius 1 is 1.18 bits per heavy atom. The summed E-state index contributed by atoms with van der Waals surface area (Å²) >= 11 is 0. The van der Waals surface area contributed by atoms with Crippen molar-refractivity contribution in [3.05, 3.63) is 46.8 Å². The van der Waals surface area contributed by atoms with Crippen LogP contribution in [0.5, 0.6) is 0 Å². The normalized spacial score (nSPS) is 15.2. The lowest BCUT2D eigenvalue weighted by Gasteiger charge is -2.26. The number of hydrogen-bond acceptors (Lipinski definition) is 3. The molecule has 1 fully saturated rings. The van der Waals surface area contributed by atoms with Crippen LogP contribution < -0.4 is 5.32 Å². The van der Waals surface area contributed by atoms with Crippen LogP contribution in [0.15, 0.2) is 24.3 Å². The number of anilines is 1. The lowest BCUT2D eigenvalue weighted by Crippen LogP contribution is -2.29. The molecule has 1 N–H and O–H groups in total. The van der Waals surface area contributed by atoms with Crippen LogP contribution in [0.3, 0.4) is 0 Å². The van der Waals surface area contributed by atoms with Gasteiger partial charge in [-0.15, -0.1) is 0 Å². The maximum Gasteiger partial charge on any atom is 0.228 e. The molecule has 5 heteroatoms. The number of nitrogens with one attached hydrogen (secondary N) is 1. The molecule has 2 heterocycles. The lowest BCUT2D eigenvalue weighted by atomic mass is 10.1. The Balaban J connectivity index is 1.62.